The Morgan fingerprint density at radius 1 is 0.800 bits per heavy atom. The number of carbonyl (C=O) groups is 5. The van der Waals surface area contributed by atoms with Crippen LogP contribution in [0.2, 0.25) is 0 Å². The molecule has 5 rings (SSSR count). The lowest BCUT2D eigenvalue weighted by atomic mass is 9.78. The second-order valence-electron chi connectivity index (χ2n) is 9.99. The van der Waals surface area contributed by atoms with Crippen LogP contribution in [0.25, 0.3) is 0 Å². The largest absolute Gasteiger partial charge is 0.454 e. The first-order valence-corrected chi connectivity index (χ1v) is 13.0. The summed E-state index contributed by atoms with van der Waals surface area (Å²) in [5.74, 6) is -2.60. The van der Waals surface area contributed by atoms with Crippen LogP contribution < -0.4 is 9.64 Å². The first-order chi connectivity index (χ1) is 19.2. The van der Waals surface area contributed by atoms with Gasteiger partial charge in [0.1, 0.15) is 5.75 Å². The molecule has 8 nitrogen and oxygen atoms in total. The van der Waals surface area contributed by atoms with Crippen molar-refractivity contribution in [2.75, 3.05) is 11.5 Å². The third-order valence-corrected chi connectivity index (χ3v) is 7.24. The third kappa shape index (κ3) is 5.33. The van der Waals surface area contributed by atoms with Crippen LogP contribution >= 0.6 is 0 Å². The van der Waals surface area contributed by atoms with E-state index >= 15 is 0 Å². The smallest absolute Gasteiger partial charge is 0.343 e. The second kappa shape index (κ2) is 11.1. The zero-order valence-corrected chi connectivity index (χ0v) is 22.0. The van der Waals surface area contributed by atoms with E-state index in [0.29, 0.717) is 17.7 Å². The highest BCUT2D eigenvalue weighted by molar-refractivity contribution is 6.22. The van der Waals surface area contributed by atoms with Crippen LogP contribution in [0.3, 0.4) is 0 Å². The molecule has 2 aliphatic rings. The maximum Gasteiger partial charge on any atom is 0.343 e. The molecule has 3 unspecified atom stereocenters. The van der Waals surface area contributed by atoms with Crippen molar-refractivity contribution in [3.8, 4) is 5.75 Å². The monoisotopic (exact) mass is 537 g/mol. The molecule has 0 saturated carbocycles. The molecule has 1 aliphatic carbocycles. The lowest BCUT2D eigenvalue weighted by molar-refractivity contribution is -0.122. The van der Waals surface area contributed by atoms with Gasteiger partial charge in [-0.1, -0.05) is 36.8 Å². The number of hydrogen-bond acceptors (Lipinski definition) is 7. The minimum Gasteiger partial charge on any atom is -0.454 e. The zero-order valence-electron chi connectivity index (χ0n) is 22.0. The number of ether oxygens (including phenoxy) is 2. The van der Waals surface area contributed by atoms with Gasteiger partial charge >= 0.3 is 11.9 Å². The number of rotatable bonds is 7. The van der Waals surface area contributed by atoms with E-state index in [2.05, 4.69) is 0 Å². The summed E-state index contributed by atoms with van der Waals surface area (Å²) < 4.78 is 10.5. The number of anilines is 1. The SMILES string of the molecule is Cc1ccc(C(=O)Oc2ccc(C(=O)COC(=O)c3ccc(N4C(=O)C5CC=CC(C)C5C4=O)cc3)cc2)cc1. The van der Waals surface area contributed by atoms with E-state index in [1.165, 1.54) is 53.4 Å². The lowest BCUT2D eigenvalue weighted by Crippen LogP contribution is -2.31. The maximum atomic E-state index is 13.0. The van der Waals surface area contributed by atoms with Gasteiger partial charge in [-0.3, -0.25) is 19.3 Å². The average molecular weight is 538 g/mol. The Hall–Kier alpha value is -4.85. The van der Waals surface area contributed by atoms with Crippen molar-refractivity contribution >= 4 is 35.2 Å². The van der Waals surface area contributed by atoms with E-state index in [-0.39, 0.29) is 46.4 Å². The number of Topliss-reactive ketones (excluding diaryl/α,β-unsaturated/α-hetero) is 1. The van der Waals surface area contributed by atoms with Crippen molar-refractivity contribution in [1.29, 1.82) is 0 Å². The molecule has 8 heteroatoms. The van der Waals surface area contributed by atoms with Gasteiger partial charge in [0, 0.05) is 5.56 Å². The molecule has 3 aromatic rings. The van der Waals surface area contributed by atoms with E-state index in [4.69, 9.17) is 9.47 Å². The number of imide groups is 1. The first kappa shape index (κ1) is 26.7. The van der Waals surface area contributed by atoms with Crippen LogP contribution in [0, 0.1) is 24.7 Å². The number of nitrogens with zero attached hydrogens (tertiary/aromatic N) is 1. The van der Waals surface area contributed by atoms with Crippen LogP contribution in [0.1, 0.15) is 50.0 Å². The Morgan fingerprint density at radius 3 is 2.05 bits per heavy atom. The van der Waals surface area contributed by atoms with Gasteiger partial charge < -0.3 is 9.47 Å². The van der Waals surface area contributed by atoms with Crippen molar-refractivity contribution in [2.45, 2.75) is 20.3 Å². The van der Waals surface area contributed by atoms with Crippen molar-refractivity contribution in [2.24, 2.45) is 17.8 Å². The molecule has 202 valence electrons. The van der Waals surface area contributed by atoms with Crippen molar-refractivity contribution < 1.29 is 33.4 Å². The Bertz CT molecular complexity index is 1500. The molecule has 0 N–H and O–H groups in total. The van der Waals surface area contributed by atoms with E-state index in [1.807, 2.05) is 38.1 Å². The maximum absolute atomic E-state index is 13.0. The van der Waals surface area contributed by atoms with Crippen LogP contribution in [0.5, 0.6) is 5.75 Å². The summed E-state index contributed by atoms with van der Waals surface area (Å²) in [6, 6.07) is 18.9. The summed E-state index contributed by atoms with van der Waals surface area (Å²) in [5, 5.41) is 0. The molecule has 40 heavy (non-hydrogen) atoms. The number of amides is 2. The van der Waals surface area contributed by atoms with E-state index in [0.717, 1.165) is 5.56 Å². The highest BCUT2D eigenvalue weighted by Crippen LogP contribution is 2.40. The van der Waals surface area contributed by atoms with Gasteiger partial charge in [0.15, 0.2) is 12.4 Å². The number of aryl methyl sites for hydroxylation is 1. The molecule has 1 aliphatic heterocycles. The highest BCUT2D eigenvalue weighted by Gasteiger charge is 2.50. The van der Waals surface area contributed by atoms with Gasteiger partial charge in [0.2, 0.25) is 11.8 Å². The van der Waals surface area contributed by atoms with Gasteiger partial charge in [-0.25, -0.2) is 9.59 Å². The second-order valence-corrected chi connectivity index (χ2v) is 9.99. The number of esters is 2. The molecule has 0 spiro atoms. The molecule has 0 aromatic heterocycles. The van der Waals surface area contributed by atoms with Gasteiger partial charge in [0.05, 0.1) is 28.7 Å². The predicted molar refractivity (Wildman–Crippen MR) is 146 cm³/mol. The Balaban J connectivity index is 1.15. The standard InChI is InChI=1S/C32H27NO7/c1-19-6-8-23(9-7-19)32(38)40-25-16-12-21(13-17-25)27(34)18-39-31(37)22-10-14-24(15-11-22)33-29(35)26-5-3-4-20(2)28(26)30(33)36/h3-4,6-17,20,26,28H,5,18H2,1-2H3. The van der Waals surface area contributed by atoms with Crippen LogP contribution in [-0.4, -0.2) is 36.1 Å². The van der Waals surface area contributed by atoms with Crippen molar-refractivity contribution in [3.63, 3.8) is 0 Å². The molecule has 1 fully saturated rings. The number of fused-ring (bicyclic) bond motifs is 1. The fourth-order valence-corrected chi connectivity index (χ4v) is 5.01. The van der Waals surface area contributed by atoms with E-state index < -0.39 is 24.3 Å². The summed E-state index contributed by atoms with van der Waals surface area (Å²) in [6.45, 7) is 3.36. The Labute approximate surface area is 231 Å². The summed E-state index contributed by atoms with van der Waals surface area (Å²) >= 11 is 0. The number of carbonyl (C=O) groups excluding carboxylic acids is 5. The molecule has 0 bridgehead atoms. The molecule has 3 aromatic carbocycles. The third-order valence-electron chi connectivity index (χ3n) is 7.24. The number of ketones is 1. The lowest BCUT2D eigenvalue weighted by Gasteiger charge is -2.22. The summed E-state index contributed by atoms with van der Waals surface area (Å²) in [4.78, 5) is 64.4. The highest BCUT2D eigenvalue weighted by atomic mass is 16.5. The average Bonchev–Trinajstić information content (AvgIpc) is 3.22. The Morgan fingerprint density at radius 2 is 1.40 bits per heavy atom. The number of benzene rings is 3. The summed E-state index contributed by atoms with van der Waals surface area (Å²) in [6.07, 6.45) is 4.44. The van der Waals surface area contributed by atoms with Crippen LogP contribution in [0.15, 0.2) is 84.9 Å². The topological polar surface area (TPSA) is 107 Å². The van der Waals surface area contributed by atoms with E-state index in [9.17, 15) is 24.0 Å². The van der Waals surface area contributed by atoms with Crippen LogP contribution in [0.4, 0.5) is 5.69 Å². The Kier molecular flexibility index (Phi) is 7.42. The van der Waals surface area contributed by atoms with Gasteiger partial charge in [-0.2, -0.15) is 0 Å². The minimum atomic E-state index is -0.714. The summed E-state index contributed by atoms with van der Waals surface area (Å²) in [5.41, 5.74) is 2.30. The molecule has 2 amide bonds. The minimum absolute atomic E-state index is 0.0168. The van der Waals surface area contributed by atoms with Gasteiger partial charge in [-0.05, 0) is 79.9 Å². The van der Waals surface area contributed by atoms with Crippen LogP contribution in [-0.2, 0) is 14.3 Å². The van der Waals surface area contributed by atoms with Gasteiger partial charge in [0.25, 0.3) is 0 Å². The van der Waals surface area contributed by atoms with E-state index in [1.54, 1.807) is 12.1 Å². The summed E-state index contributed by atoms with van der Waals surface area (Å²) in [7, 11) is 0. The fraction of sp³-hybridized carbons (Fsp3) is 0.219. The van der Waals surface area contributed by atoms with Crippen molar-refractivity contribution in [1.82, 2.24) is 0 Å². The number of allylic oxidation sites excluding steroid dienone is 2. The first-order valence-electron chi connectivity index (χ1n) is 13.0. The van der Waals surface area contributed by atoms with Gasteiger partial charge in [-0.15, -0.1) is 0 Å². The molecular weight excluding hydrogens is 510 g/mol. The normalized spacial score (nSPS) is 19.8. The molecule has 1 saturated heterocycles. The zero-order chi connectivity index (χ0) is 28.4. The quantitative estimate of drug-likeness (QED) is 0.138. The molecule has 1 heterocycles. The molecule has 0 radical (unpaired) electrons. The predicted octanol–water partition coefficient (Wildman–Crippen LogP) is 4.96. The molecule has 3 atom stereocenters. The van der Waals surface area contributed by atoms with Crippen molar-refractivity contribution in [3.05, 3.63) is 107 Å². The molecular formula is C32H27NO7. The number of hydrogen-bond donors (Lipinski definition) is 0. The fourth-order valence-electron chi connectivity index (χ4n) is 5.01.